The Labute approximate surface area is 361 Å². The topological polar surface area (TPSA) is 179 Å². The first-order valence-corrected chi connectivity index (χ1v) is 23.5. The molecule has 2 saturated carbocycles. The predicted molar refractivity (Wildman–Crippen MR) is 231 cm³/mol. The largest absolute Gasteiger partial charge is 0.438 e. The molecule has 2 aliphatic heterocycles. The monoisotopic (exact) mass is 871 g/mol. The first-order chi connectivity index (χ1) is 30.3. The van der Waals surface area contributed by atoms with Gasteiger partial charge < -0.3 is 14.2 Å². The number of imidazole rings is 1. The maximum absolute atomic E-state index is 15.5. The Balaban J connectivity index is 1.05. The molecule has 3 aromatic carbocycles. The number of nitrogens with one attached hydrogen (secondary N) is 2. The van der Waals surface area contributed by atoms with E-state index < -0.39 is 32.8 Å². The molecule has 0 spiro atoms. The molecule has 7 aromatic rings. The van der Waals surface area contributed by atoms with E-state index >= 15 is 9.18 Å². The predicted octanol–water partition coefficient (Wildman–Crippen LogP) is 6.93. The minimum absolute atomic E-state index is 0.0205. The number of hydrogen-bond acceptors (Lipinski definition) is 9. The zero-order valence-electron chi connectivity index (χ0n) is 35.0. The fraction of sp³-hybridized carbons (Fsp3) is 0.370. The van der Waals surface area contributed by atoms with E-state index in [0.717, 1.165) is 36.6 Å². The van der Waals surface area contributed by atoms with Gasteiger partial charge >= 0.3 is 11.4 Å². The summed E-state index contributed by atoms with van der Waals surface area (Å²) in [6.45, 7) is 5.74. The van der Waals surface area contributed by atoms with Crippen molar-refractivity contribution in [2.75, 3.05) is 26.0 Å². The minimum Gasteiger partial charge on any atom is -0.381 e. The van der Waals surface area contributed by atoms with Gasteiger partial charge in [0, 0.05) is 66.2 Å². The Kier molecular flexibility index (Phi) is 9.00. The van der Waals surface area contributed by atoms with E-state index in [9.17, 15) is 13.8 Å². The first-order valence-electron chi connectivity index (χ1n) is 21.5. The Morgan fingerprint density at radius 2 is 1.67 bits per heavy atom. The van der Waals surface area contributed by atoms with Crippen LogP contribution in [0.2, 0.25) is 0 Å². The van der Waals surface area contributed by atoms with Crippen molar-refractivity contribution in [1.82, 2.24) is 38.5 Å². The van der Waals surface area contributed by atoms with Gasteiger partial charge in [0.1, 0.15) is 22.9 Å². The van der Waals surface area contributed by atoms with Crippen LogP contribution in [0.4, 0.5) is 4.39 Å². The molecule has 0 unspecified atom stereocenters. The lowest BCUT2D eigenvalue weighted by molar-refractivity contribution is 0.0663. The third-order valence-electron chi connectivity index (χ3n) is 13.8. The van der Waals surface area contributed by atoms with Crippen LogP contribution < -0.4 is 11.4 Å². The second-order valence-electron chi connectivity index (χ2n) is 17.7. The number of halogens is 1. The van der Waals surface area contributed by atoms with Gasteiger partial charge in [-0.25, -0.2) is 27.6 Å². The van der Waals surface area contributed by atoms with Crippen molar-refractivity contribution in [3.05, 3.63) is 140 Å². The normalized spacial score (nSPS) is 22.3. The summed E-state index contributed by atoms with van der Waals surface area (Å²) in [6.07, 6.45) is 9.26. The summed E-state index contributed by atoms with van der Waals surface area (Å²) in [4.78, 5) is 47.4. The van der Waals surface area contributed by atoms with Crippen molar-refractivity contribution in [2.24, 2.45) is 5.92 Å². The highest BCUT2D eigenvalue weighted by molar-refractivity contribution is 7.91. The molecule has 15 nitrogen and oxygen atoms in total. The van der Waals surface area contributed by atoms with Gasteiger partial charge in [-0.1, -0.05) is 18.1 Å². The van der Waals surface area contributed by atoms with Crippen molar-refractivity contribution >= 4 is 26.5 Å². The van der Waals surface area contributed by atoms with Gasteiger partial charge in [-0.3, -0.25) is 23.4 Å². The van der Waals surface area contributed by atoms with Crippen molar-refractivity contribution in [3.63, 3.8) is 0 Å². The maximum Gasteiger partial charge on any atom is 0.438 e. The molecule has 63 heavy (non-hydrogen) atoms. The number of nitrogens with zero attached hydrogens (tertiary/aromatic N) is 7. The number of amides is 1. The van der Waals surface area contributed by atoms with E-state index in [1.807, 2.05) is 28.5 Å². The van der Waals surface area contributed by atoms with E-state index in [0.29, 0.717) is 88.9 Å². The number of aromatic nitrogens is 7. The molecule has 2 N–H and O–H groups in total. The summed E-state index contributed by atoms with van der Waals surface area (Å²) in [7, 11) is -2.96. The SMILES string of the molecule is C[C@H]1c2c(nn(-c3ccc(F)c(C4CC4)c3)c2-n2ccn(-c3ccc([S@](C)(=N)=O)cc3)c2=O)CCN1C(=O)c1cc2cc(C3CCOCC3)ccc2n1[C@@]1(c2noc(=O)[nH]2)C[C@@H]1C. The Morgan fingerprint density at radius 3 is 2.35 bits per heavy atom. The highest BCUT2D eigenvalue weighted by Crippen LogP contribution is 2.56. The number of rotatable bonds is 9. The maximum atomic E-state index is 15.5. The van der Waals surface area contributed by atoms with Crippen molar-refractivity contribution < 1.29 is 22.7 Å². The van der Waals surface area contributed by atoms with Gasteiger partial charge in [0.25, 0.3) is 5.91 Å². The van der Waals surface area contributed by atoms with Crippen molar-refractivity contribution in [2.45, 2.75) is 80.7 Å². The summed E-state index contributed by atoms with van der Waals surface area (Å²) >= 11 is 0. The molecule has 1 saturated heterocycles. The molecule has 324 valence electrons. The van der Waals surface area contributed by atoms with E-state index in [1.165, 1.54) is 27.0 Å². The summed E-state index contributed by atoms with van der Waals surface area (Å²) in [6, 6.07) is 19.1. The quantitative estimate of drug-likeness (QED) is 0.157. The van der Waals surface area contributed by atoms with Crippen LogP contribution in [0.5, 0.6) is 0 Å². The molecule has 6 heterocycles. The summed E-state index contributed by atoms with van der Waals surface area (Å²) in [5, 5.41) is 10.2. The van der Waals surface area contributed by atoms with E-state index in [1.54, 1.807) is 47.4 Å². The molecule has 4 aromatic heterocycles. The van der Waals surface area contributed by atoms with Gasteiger partial charge in [0.2, 0.25) is 0 Å². The van der Waals surface area contributed by atoms with Crippen LogP contribution in [0.3, 0.4) is 0 Å². The minimum atomic E-state index is -2.96. The van der Waals surface area contributed by atoms with Crippen LogP contribution in [-0.4, -0.2) is 74.7 Å². The van der Waals surface area contributed by atoms with Crippen LogP contribution in [0.25, 0.3) is 28.1 Å². The molecule has 0 bridgehead atoms. The molecule has 4 atom stereocenters. The Hall–Kier alpha value is -6.33. The van der Waals surface area contributed by atoms with Gasteiger partial charge in [0.15, 0.2) is 5.82 Å². The first kappa shape index (κ1) is 39.5. The third kappa shape index (κ3) is 6.37. The Morgan fingerprint density at radius 1 is 0.937 bits per heavy atom. The number of H-pyrrole nitrogens is 1. The Bertz CT molecular complexity index is 3220. The van der Waals surface area contributed by atoms with Crippen LogP contribution in [-0.2, 0) is 26.4 Å². The van der Waals surface area contributed by atoms with Crippen LogP contribution in [0, 0.1) is 16.5 Å². The molecule has 1 amide bonds. The molecular weight excluding hydrogens is 826 g/mol. The molecule has 0 radical (unpaired) electrons. The molecule has 3 fully saturated rings. The third-order valence-corrected chi connectivity index (χ3v) is 15.0. The summed E-state index contributed by atoms with van der Waals surface area (Å²) < 4.78 is 53.0. The van der Waals surface area contributed by atoms with Crippen LogP contribution in [0.1, 0.15) is 103 Å². The van der Waals surface area contributed by atoms with Gasteiger partial charge in [-0.05, 0) is 129 Å². The highest BCUT2D eigenvalue weighted by Gasteiger charge is 2.59. The molecule has 11 rings (SSSR count). The number of carbonyl (C=O) groups excluding carboxylic acids is 1. The number of aromatic amines is 1. The zero-order valence-corrected chi connectivity index (χ0v) is 35.9. The van der Waals surface area contributed by atoms with Crippen molar-refractivity contribution in [1.29, 1.82) is 4.78 Å². The number of fused-ring (bicyclic) bond motifs is 2. The number of hydrogen-bond donors (Lipinski definition) is 2. The van der Waals surface area contributed by atoms with E-state index in [2.05, 4.69) is 35.3 Å². The number of benzene rings is 3. The van der Waals surface area contributed by atoms with E-state index in [-0.39, 0.29) is 23.6 Å². The van der Waals surface area contributed by atoms with E-state index in [4.69, 9.17) is 19.1 Å². The molecular formula is C46H46FN9O6S. The average molecular weight is 872 g/mol. The zero-order chi connectivity index (χ0) is 43.5. The number of carbonyl (C=O) groups is 1. The second-order valence-corrected chi connectivity index (χ2v) is 19.9. The molecule has 2 aliphatic carbocycles. The summed E-state index contributed by atoms with van der Waals surface area (Å²) in [5.41, 5.74) is 4.33. The van der Waals surface area contributed by atoms with Crippen LogP contribution >= 0.6 is 0 Å². The van der Waals surface area contributed by atoms with Gasteiger partial charge in [-0.15, -0.1) is 0 Å². The summed E-state index contributed by atoms with van der Waals surface area (Å²) in [5.74, 6) is 0.0847. The molecule has 4 aliphatic rings. The smallest absolute Gasteiger partial charge is 0.381 e. The fourth-order valence-electron chi connectivity index (χ4n) is 10.1. The fourth-order valence-corrected chi connectivity index (χ4v) is 10.8. The van der Waals surface area contributed by atoms with Gasteiger partial charge in [-0.2, -0.15) is 5.10 Å². The average Bonchev–Trinajstić information content (AvgIpc) is 3.98. The molecule has 17 heteroatoms. The lowest BCUT2D eigenvalue weighted by Gasteiger charge is -2.34. The standard InChI is InChI=1S/C46H46FN9O6S/c1-26-25-46(26,43-49-44(58)62-51-43)55-38-13-6-30(28-15-20-61-21-16-28)22-31(38)23-39(55)42(57)52-17-14-37-40(27(52)2)41(56(50-37)33-9-12-36(47)35(24-33)29-4-5-29)54-19-18-53(45(54)59)32-7-10-34(11-8-32)63(3,48)60/h6-13,18-19,22-24,26-29,48H,4-5,14-17,20-21,25H2,1-3H3,(H,49,51,58)/t26-,27-,46-,63+/m0/s1. The second kappa shape index (κ2) is 14.4. The van der Waals surface area contributed by atoms with Crippen molar-refractivity contribution in [3.8, 4) is 17.2 Å². The van der Waals surface area contributed by atoms with Gasteiger partial charge in [0.05, 0.1) is 32.8 Å². The lowest BCUT2D eigenvalue weighted by Crippen LogP contribution is -2.41. The lowest BCUT2D eigenvalue weighted by atomic mass is 9.91. The number of ether oxygens (including phenoxy) is 1. The van der Waals surface area contributed by atoms with Crippen LogP contribution in [0.15, 0.2) is 98.1 Å². The highest BCUT2D eigenvalue weighted by atomic mass is 32.2.